The molecule has 0 bridgehead atoms. The summed E-state index contributed by atoms with van der Waals surface area (Å²) >= 11 is 0. The second-order valence-corrected chi connectivity index (χ2v) is 6.92. The Balaban J connectivity index is 2.96. The lowest BCUT2D eigenvalue weighted by molar-refractivity contribution is 0.161. The Bertz CT molecular complexity index is 552. The van der Waals surface area contributed by atoms with Gasteiger partial charge in [-0.15, -0.1) is 0 Å². The van der Waals surface area contributed by atoms with E-state index in [1.807, 2.05) is 13.8 Å². The smallest absolute Gasteiger partial charge is 0.244 e. The van der Waals surface area contributed by atoms with E-state index in [9.17, 15) is 8.42 Å². The third kappa shape index (κ3) is 4.81. The minimum Gasteiger partial charge on any atom is -0.465 e. The normalized spacial score (nSPS) is 13.6. The van der Waals surface area contributed by atoms with Crippen LogP contribution in [0.5, 0.6) is 0 Å². The Morgan fingerprint density at radius 1 is 1.29 bits per heavy atom. The van der Waals surface area contributed by atoms with Gasteiger partial charge in [0.05, 0.1) is 0 Å². The molecule has 1 unspecified atom stereocenters. The second-order valence-electron chi connectivity index (χ2n) is 5.21. The summed E-state index contributed by atoms with van der Waals surface area (Å²) in [6.07, 6.45) is 0. The van der Waals surface area contributed by atoms with Crippen LogP contribution in [0.1, 0.15) is 30.9 Å². The van der Waals surface area contributed by atoms with Crippen LogP contribution in [0.4, 0.5) is 0 Å². The topological polar surface area (TPSA) is 80.6 Å². The fourth-order valence-corrected chi connectivity index (χ4v) is 3.79. The number of sulfonamides is 1. The van der Waals surface area contributed by atoms with Gasteiger partial charge in [-0.3, -0.25) is 0 Å². The lowest BCUT2D eigenvalue weighted by atomic mass is 10.2. The quantitative estimate of drug-likeness (QED) is 0.722. The van der Waals surface area contributed by atoms with Crippen LogP contribution < -0.4 is 10.0 Å². The largest absolute Gasteiger partial charge is 0.465 e. The van der Waals surface area contributed by atoms with E-state index in [0.717, 1.165) is 6.54 Å². The molecule has 2 N–H and O–H groups in total. The van der Waals surface area contributed by atoms with Gasteiger partial charge in [0, 0.05) is 32.4 Å². The predicted octanol–water partition coefficient (Wildman–Crippen LogP) is 1.57. The highest BCUT2D eigenvalue weighted by Crippen LogP contribution is 2.26. The van der Waals surface area contributed by atoms with Gasteiger partial charge >= 0.3 is 0 Å². The molecule has 0 saturated heterocycles. The third-order valence-electron chi connectivity index (χ3n) is 3.22. The Kier molecular flexibility index (Phi) is 6.86. The van der Waals surface area contributed by atoms with Gasteiger partial charge in [0.1, 0.15) is 16.4 Å². The van der Waals surface area contributed by atoms with E-state index in [0.29, 0.717) is 36.8 Å². The van der Waals surface area contributed by atoms with Gasteiger partial charge in [0.2, 0.25) is 10.0 Å². The summed E-state index contributed by atoms with van der Waals surface area (Å²) in [7, 11) is -1.98. The SMILES string of the molecule is CCNCc1c(C)oc(C)c1S(=O)(=O)NCC(C)COC. The molecule has 1 aromatic rings. The maximum absolute atomic E-state index is 12.5. The molecule has 0 saturated carbocycles. The fraction of sp³-hybridized carbons (Fsp3) is 0.714. The highest BCUT2D eigenvalue weighted by molar-refractivity contribution is 7.89. The first-order valence-corrected chi connectivity index (χ1v) is 8.60. The van der Waals surface area contributed by atoms with E-state index >= 15 is 0 Å². The highest BCUT2D eigenvalue weighted by atomic mass is 32.2. The van der Waals surface area contributed by atoms with Gasteiger partial charge < -0.3 is 14.5 Å². The number of rotatable bonds is 9. The molecule has 1 atom stereocenters. The van der Waals surface area contributed by atoms with Crippen LogP contribution in [0.3, 0.4) is 0 Å². The van der Waals surface area contributed by atoms with Gasteiger partial charge in [-0.05, 0) is 26.3 Å². The zero-order valence-corrected chi connectivity index (χ0v) is 14.3. The lowest BCUT2D eigenvalue weighted by Gasteiger charge is -2.13. The van der Waals surface area contributed by atoms with Crippen LogP contribution in [0.2, 0.25) is 0 Å². The van der Waals surface area contributed by atoms with Crippen molar-refractivity contribution in [2.75, 3.05) is 26.8 Å². The molecule has 21 heavy (non-hydrogen) atoms. The molecule has 0 fully saturated rings. The van der Waals surface area contributed by atoms with Crippen LogP contribution in [-0.2, 0) is 21.3 Å². The summed E-state index contributed by atoms with van der Waals surface area (Å²) in [6, 6.07) is 0. The maximum atomic E-state index is 12.5. The molecule has 1 rings (SSSR count). The summed E-state index contributed by atoms with van der Waals surface area (Å²) < 4.78 is 38.2. The number of aryl methyl sites for hydroxylation is 2. The first-order chi connectivity index (χ1) is 9.83. The van der Waals surface area contributed by atoms with Gasteiger partial charge in [0.15, 0.2) is 0 Å². The molecular formula is C14H26N2O4S. The van der Waals surface area contributed by atoms with Crippen molar-refractivity contribution < 1.29 is 17.6 Å². The Morgan fingerprint density at radius 3 is 2.52 bits per heavy atom. The van der Waals surface area contributed by atoms with Crippen LogP contribution >= 0.6 is 0 Å². The van der Waals surface area contributed by atoms with E-state index in [-0.39, 0.29) is 10.8 Å². The van der Waals surface area contributed by atoms with Crippen molar-refractivity contribution in [1.82, 2.24) is 10.0 Å². The van der Waals surface area contributed by atoms with Crippen LogP contribution in [-0.4, -0.2) is 35.2 Å². The predicted molar refractivity (Wildman–Crippen MR) is 81.8 cm³/mol. The molecule has 7 heteroatoms. The molecule has 1 heterocycles. The van der Waals surface area contributed by atoms with Crippen LogP contribution in [0, 0.1) is 19.8 Å². The summed E-state index contributed by atoms with van der Waals surface area (Å²) in [5.41, 5.74) is 0.696. The van der Waals surface area contributed by atoms with E-state index < -0.39 is 10.0 Å². The first kappa shape index (κ1) is 18.2. The summed E-state index contributed by atoms with van der Waals surface area (Å²) in [4.78, 5) is 0.255. The highest BCUT2D eigenvalue weighted by Gasteiger charge is 2.26. The Hall–Kier alpha value is -0.890. The molecular weight excluding hydrogens is 292 g/mol. The summed E-state index contributed by atoms with van der Waals surface area (Å²) in [5.74, 6) is 1.17. The molecule has 0 radical (unpaired) electrons. The van der Waals surface area contributed by atoms with Crippen molar-refractivity contribution in [2.45, 2.75) is 39.1 Å². The molecule has 6 nitrogen and oxygen atoms in total. The number of hydrogen-bond acceptors (Lipinski definition) is 5. The van der Waals surface area contributed by atoms with Crippen molar-refractivity contribution in [1.29, 1.82) is 0 Å². The summed E-state index contributed by atoms with van der Waals surface area (Å²) in [6.45, 7) is 9.45. The molecule has 0 aliphatic carbocycles. The minimum absolute atomic E-state index is 0.107. The minimum atomic E-state index is -3.58. The number of furan rings is 1. The van der Waals surface area contributed by atoms with Crippen LogP contribution in [0.25, 0.3) is 0 Å². The molecule has 1 aromatic heterocycles. The van der Waals surface area contributed by atoms with Gasteiger partial charge in [-0.25, -0.2) is 13.1 Å². The zero-order valence-electron chi connectivity index (χ0n) is 13.4. The van der Waals surface area contributed by atoms with Gasteiger partial charge in [0.25, 0.3) is 0 Å². The van der Waals surface area contributed by atoms with E-state index in [4.69, 9.17) is 9.15 Å². The van der Waals surface area contributed by atoms with E-state index in [1.165, 1.54) is 0 Å². The van der Waals surface area contributed by atoms with Gasteiger partial charge in [-0.1, -0.05) is 13.8 Å². The molecule has 122 valence electrons. The fourth-order valence-electron chi connectivity index (χ4n) is 2.18. The third-order valence-corrected chi connectivity index (χ3v) is 4.84. The molecule has 0 aliphatic heterocycles. The number of methoxy groups -OCH3 is 1. The molecule has 0 aromatic carbocycles. The molecule has 0 amide bonds. The average molecular weight is 318 g/mol. The van der Waals surface area contributed by atoms with Crippen molar-refractivity contribution in [3.8, 4) is 0 Å². The van der Waals surface area contributed by atoms with Crippen molar-refractivity contribution in [2.24, 2.45) is 5.92 Å². The molecule has 0 spiro atoms. The number of hydrogen-bond donors (Lipinski definition) is 2. The number of ether oxygens (including phenoxy) is 1. The monoisotopic (exact) mass is 318 g/mol. The van der Waals surface area contributed by atoms with Crippen LogP contribution in [0.15, 0.2) is 9.31 Å². The second kappa shape index (κ2) is 7.93. The van der Waals surface area contributed by atoms with Crippen molar-refractivity contribution in [3.05, 3.63) is 17.1 Å². The number of nitrogens with one attached hydrogen (secondary N) is 2. The molecule has 0 aliphatic rings. The van der Waals surface area contributed by atoms with Crippen molar-refractivity contribution in [3.63, 3.8) is 0 Å². The standard InChI is InChI=1S/C14H26N2O4S/c1-6-15-8-13-11(3)20-12(4)14(13)21(17,18)16-7-10(2)9-19-5/h10,15-16H,6-9H2,1-5H3. The first-order valence-electron chi connectivity index (χ1n) is 7.11. The Morgan fingerprint density at radius 2 is 1.95 bits per heavy atom. The maximum Gasteiger partial charge on any atom is 0.244 e. The summed E-state index contributed by atoms with van der Waals surface area (Å²) in [5, 5.41) is 3.14. The zero-order chi connectivity index (χ0) is 16.0. The average Bonchev–Trinajstić information content (AvgIpc) is 2.69. The van der Waals surface area contributed by atoms with Crippen molar-refractivity contribution >= 4 is 10.0 Å². The Labute approximate surface area is 127 Å². The van der Waals surface area contributed by atoms with Gasteiger partial charge in [-0.2, -0.15) is 0 Å². The lowest BCUT2D eigenvalue weighted by Crippen LogP contribution is -2.31. The van der Waals surface area contributed by atoms with E-state index in [2.05, 4.69) is 10.0 Å². The van der Waals surface area contributed by atoms with E-state index in [1.54, 1.807) is 21.0 Å².